The molecule has 0 bridgehead atoms. The number of nitrogens with zero attached hydrogens (tertiary/aromatic N) is 2. The summed E-state index contributed by atoms with van der Waals surface area (Å²) in [5, 5.41) is 5.82. The molecule has 1 fully saturated rings. The van der Waals surface area contributed by atoms with Crippen LogP contribution in [-0.4, -0.2) is 28.3 Å². The Morgan fingerprint density at radius 2 is 1.70 bits per heavy atom. The fourth-order valence-corrected chi connectivity index (χ4v) is 3.12. The summed E-state index contributed by atoms with van der Waals surface area (Å²) in [5.41, 5.74) is 1.10. The minimum Gasteiger partial charge on any atom is -0.399 e. The molecule has 0 unspecified atom stereocenters. The topological polar surface area (TPSA) is 56.3 Å². The molecule has 1 saturated heterocycles. The predicted molar refractivity (Wildman–Crippen MR) is 110 cm³/mol. The first-order chi connectivity index (χ1) is 12.7. The van der Waals surface area contributed by atoms with Gasteiger partial charge in [-0.2, -0.15) is 0 Å². The molecule has 7 heteroatoms. The molecule has 1 N–H and O–H groups in total. The lowest BCUT2D eigenvalue weighted by Crippen LogP contribution is -2.41. The zero-order valence-corrected chi connectivity index (χ0v) is 16.5. The molecule has 3 heterocycles. The van der Waals surface area contributed by atoms with E-state index >= 15 is 0 Å². The number of benzene rings is 1. The number of hydrogen-bond donors (Lipinski definition) is 1. The summed E-state index contributed by atoms with van der Waals surface area (Å²) in [6.45, 7) is 8.22. The number of nitrogens with one attached hydrogen (secondary N) is 1. The average Bonchev–Trinajstić information content (AvgIpc) is 2.84. The van der Waals surface area contributed by atoms with E-state index in [4.69, 9.17) is 20.9 Å². The van der Waals surface area contributed by atoms with E-state index in [-0.39, 0.29) is 18.3 Å². The molecule has 0 saturated carbocycles. The van der Waals surface area contributed by atoms with Crippen LogP contribution in [0.25, 0.3) is 10.8 Å². The summed E-state index contributed by atoms with van der Waals surface area (Å²) in [6, 6.07) is 11.7. The summed E-state index contributed by atoms with van der Waals surface area (Å²) in [4.78, 5) is 8.55. The summed E-state index contributed by atoms with van der Waals surface area (Å²) in [5.74, 6) is 0.761. The molecular formula is C20H21BClN3O2. The van der Waals surface area contributed by atoms with Crippen LogP contribution in [0.1, 0.15) is 27.7 Å². The van der Waals surface area contributed by atoms with Crippen molar-refractivity contribution in [1.29, 1.82) is 0 Å². The van der Waals surface area contributed by atoms with Crippen LogP contribution in [0.2, 0.25) is 5.15 Å². The Hall–Kier alpha value is -2.15. The van der Waals surface area contributed by atoms with E-state index in [1.807, 2.05) is 24.3 Å². The van der Waals surface area contributed by atoms with Gasteiger partial charge in [0.2, 0.25) is 0 Å². The highest BCUT2D eigenvalue weighted by molar-refractivity contribution is 6.62. The van der Waals surface area contributed by atoms with Crippen molar-refractivity contribution in [3.05, 3.63) is 53.9 Å². The van der Waals surface area contributed by atoms with Gasteiger partial charge in [-0.15, -0.1) is 0 Å². The lowest BCUT2D eigenvalue weighted by Gasteiger charge is -2.32. The van der Waals surface area contributed by atoms with Crippen LogP contribution in [0.5, 0.6) is 0 Å². The van der Waals surface area contributed by atoms with E-state index < -0.39 is 0 Å². The highest BCUT2D eigenvalue weighted by Gasteiger charge is 2.51. The van der Waals surface area contributed by atoms with Crippen LogP contribution >= 0.6 is 11.6 Å². The van der Waals surface area contributed by atoms with Gasteiger partial charge in [-0.1, -0.05) is 29.8 Å². The van der Waals surface area contributed by atoms with Gasteiger partial charge in [0.05, 0.1) is 23.1 Å². The van der Waals surface area contributed by atoms with Crippen LogP contribution in [0.3, 0.4) is 0 Å². The fourth-order valence-electron chi connectivity index (χ4n) is 3.01. The number of hydrogen-bond acceptors (Lipinski definition) is 5. The molecule has 138 valence electrons. The average molecular weight is 382 g/mol. The second-order valence-corrected chi connectivity index (χ2v) is 8.11. The highest BCUT2D eigenvalue weighted by Crippen LogP contribution is 2.36. The molecule has 1 aliphatic heterocycles. The molecule has 3 aromatic rings. The number of anilines is 2. The van der Waals surface area contributed by atoms with Crippen LogP contribution < -0.4 is 10.8 Å². The van der Waals surface area contributed by atoms with Crippen LogP contribution in [0, 0.1) is 0 Å². The zero-order valence-electron chi connectivity index (χ0n) is 15.8. The number of aromatic nitrogens is 2. The van der Waals surface area contributed by atoms with Gasteiger partial charge in [0, 0.05) is 11.6 Å². The quantitative estimate of drug-likeness (QED) is 0.541. The zero-order chi connectivity index (χ0) is 19.2. The first-order valence-corrected chi connectivity index (χ1v) is 9.26. The minimum atomic E-state index is -0.385. The second-order valence-electron chi connectivity index (χ2n) is 7.72. The second kappa shape index (κ2) is 6.48. The number of fused-ring (bicyclic) bond motifs is 1. The normalized spacial score (nSPS) is 18.0. The van der Waals surface area contributed by atoms with E-state index in [9.17, 15) is 0 Å². The van der Waals surface area contributed by atoms with Crippen LogP contribution in [0.15, 0.2) is 48.8 Å². The Bertz CT molecular complexity index is 976. The first-order valence-electron chi connectivity index (χ1n) is 8.88. The maximum Gasteiger partial charge on any atom is 0.494 e. The first kappa shape index (κ1) is 18.2. The van der Waals surface area contributed by atoms with Gasteiger partial charge in [0.15, 0.2) is 0 Å². The summed E-state index contributed by atoms with van der Waals surface area (Å²) in [7, 11) is -0.385. The number of pyridine rings is 2. The third-order valence-corrected chi connectivity index (χ3v) is 5.53. The van der Waals surface area contributed by atoms with Crippen molar-refractivity contribution in [3.63, 3.8) is 0 Å². The Morgan fingerprint density at radius 1 is 0.963 bits per heavy atom. The number of halogens is 1. The smallest absolute Gasteiger partial charge is 0.399 e. The predicted octanol–water partition coefficient (Wildman–Crippen LogP) is 4.33. The molecule has 5 nitrogen and oxygen atoms in total. The summed E-state index contributed by atoms with van der Waals surface area (Å²) < 4.78 is 12.3. The molecule has 2 aromatic heterocycles. The van der Waals surface area contributed by atoms with Gasteiger partial charge < -0.3 is 14.6 Å². The monoisotopic (exact) mass is 381 g/mol. The van der Waals surface area contributed by atoms with E-state index in [1.54, 1.807) is 18.5 Å². The Labute approximate surface area is 164 Å². The molecule has 1 aromatic carbocycles. The van der Waals surface area contributed by atoms with Crippen molar-refractivity contribution >= 4 is 46.5 Å². The van der Waals surface area contributed by atoms with Crippen molar-refractivity contribution in [2.75, 3.05) is 5.32 Å². The van der Waals surface area contributed by atoms with Crippen molar-refractivity contribution in [3.8, 4) is 0 Å². The van der Waals surface area contributed by atoms with E-state index in [0.717, 1.165) is 27.7 Å². The van der Waals surface area contributed by atoms with E-state index in [1.165, 1.54) is 0 Å². The lowest BCUT2D eigenvalue weighted by molar-refractivity contribution is 0.00578. The lowest BCUT2D eigenvalue weighted by atomic mass is 9.78. The van der Waals surface area contributed by atoms with Gasteiger partial charge in [-0.3, -0.25) is 0 Å². The highest BCUT2D eigenvalue weighted by atomic mass is 35.5. The minimum absolute atomic E-state index is 0.362. The van der Waals surface area contributed by atoms with Gasteiger partial charge in [0.1, 0.15) is 11.0 Å². The molecule has 0 radical (unpaired) electrons. The standard InChI is InChI=1S/C20H21BClN3O2/c1-19(2)20(3,4)27-21(26-19)14-5-7-16-13(11-14)9-10-23-18(16)25-15-6-8-17(22)24-12-15/h5-12H,1-4H3,(H,23,25). The summed E-state index contributed by atoms with van der Waals surface area (Å²) in [6.07, 6.45) is 3.46. The molecule has 0 amide bonds. The van der Waals surface area contributed by atoms with Crippen molar-refractivity contribution in [1.82, 2.24) is 9.97 Å². The van der Waals surface area contributed by atoms with E-state index in [2.05, 4.69) is 49.0 Å². The largest absolute Gasteiger partial charge is 0.494 e. The molecule has 0 aliphatic carbocycles. The maximum atomic E-state index is 6.16. The van der Waals surface area contributed by atoms with Crippen LogP contribution in [0.4, 0.5) is 11.5 Å². The number of rotatable bonds is 3. The van der Waals surface area contributed by atoms with Gasteiger partial charge in [0.25, 0.3) is 0 Å². The SMILES string of the molecule is CC1(C)OB(c2ccc3c(Nc4ccc(Cl)nc4)nccc3c2)OC1(C)C. The molecule has 0 spiro atoms. The third-order valence-electron chi connectivity index (χ3n) is 5.30. The van der Waals surface area contributed by atoms with Gasteiger partial charge in [-0.25, -0.2) is 9.97 Å². The molecular weight excluding hydrogens is 361 g/mol. The fraction of sp³-hybridized carbons (Fsp3) is 0.300. The van der Waals surface area contributed by atoms with Crippen molar-refractivity contribution < 1.29 is 9.31 Å². The molecule has 1 aliphatic rings. The van der Waals surface area contributed by atoms with Crippen molar-refractivity contribution in [2.24, 2.45) is 0 Å². The van der Waals surface area contributed by atoms with Crippen molar-refractivity contribution in [2.45, 2.75) is 38.9 Å². The van der Waals surface area contributed by atoms with Crippen LogP contribution in [-0.2, 0) is 9.31 Å². The third kappa shape index (κ3) is 3.40. The maximum absolute atomic E-state index is 6.16. The van der Waals surface area contributed by atoms with E-state index in [0.29, 0.717) is 5.15 Å². The van der Waals surface area contributed by atoms with Gasteiger partial charge in [-0.05, 0) is 56.7 Å². The van der Waals surface area contributed by atoms with Gasteiger partial charge >= 0.3 is 7.12 Å². The Balaban J connectivity index is 1.65. The Kier molecular flexibility index (Phi) is 4.37. The molecule has 4 rings (SSSR count). The molecule has 0 atom stereocenters. The Morgan fingerprint density at radius 3 is 2.37 bits per heavy atom. The molecule has 27 heavy (non-hydrogen) atoms. The summed E-state index contributed by atoms with van der Waals surface area (Å²) >= 11 is 5.85.